The maximum atomic E-state index is 13.0. The second-order valence-corrected chi connectivity index (χ2v) is 8.59. The number of nitrogens with zero attached hydrogens (tertiary/aromatic N) is 2. The van der Waals surface area contributed by atoms with Gasteiger partial charge in [0, 0.05) is 0 Å². The monoisotopic (exact) mass is 504 g/mol. The van der Waals surface area contributed by atoms with Gasteiger partial charge in [-0.2, -0.15) is 10.1 Å². The number of halogens is 1. The van der Waals surface area contributed by atoms with Crippen molar-refractivity contribution in [3.8, 4) is 11.5 Å². The summed E-state index contributed by atoms with van der Waals surface area (Å²) in [5.74, 6) is 1.09. The molecule has 0 fully saturated rings. The molecule has 0 N–H and O–H groups in total. The van der Waals surface area contributed by atoms with Crippen LogP contribution in [-0.2, 0) is 11.4 Å². The highest BCUT2D eigenvalue weighted by atomic mass is 79.9. The first-order valence-corrected chi connectivity index (χ1v) is 11.6. The molecule has 4 rings (SSSR count). The average molecular weight is 505 g/mol. The highest BCUT2D eigenvalue weighted by Gasteiger charge is 2.28. The van der Waals surface area contributed by atoms with E-state index in [1.807, 2.05) is 62.4 Å². The van der Waals surface area contributed by atoms with Crippen molar-refractivity contribution in [2.45, 2.75) is 27.4 Å². The second kappa shape index (κ2) is 10.0. The predicted octanol–water partition coefficient (Wildman–Crippen LogP) is 6.54. The molecule has 5 nitrogen and oxygen atoms in total. The molecule has 0 aromatic heterocycles. The van der Waals surface area contributed by atoms with Crippen LogP contribution in [0, 0.1) is 6.92 Å². The summed E-state index contributed by atoms with van der Waals surface area (Å²) in [6.07, 6.45) is 1.83. The molecule has 168 valence electrons. The van der Waals surface area contributed by atoms with Gasteiger partial charge in [0.25, 0.3) is 5.91 Å². The molecule has 0 atom stereocenters. The first kappa shape index (κ1) is 22.8. The average Bonchev–Trinajstić information content (AvgIpc) is 3.09. The number of hydrogen-bond donors (Lipinski definition) is 0. The van der Waals surface area contributed by atoms with Gasteiger partial charge in [-0.1, -0.05) is 48.0 Å². The number of hydrogen-bond acceptors (Lipinski definition) is 4. The van der Waals surface area contributed by atoms with E-state index in [1.54, 1.807) is 0 Å². The third-order valence-corrected chi connectivity index (χ3v) is 5.80. The molecular formula is C27H25BrN2O3. The molecule has 0 spiro atoms. The summed E-state index contributed by atoms with van der Waals surface area (Å²) in [6.45, 7) is 6.74. The number of anilines is 1. The van der Waals surface area contributed by atoms with Gasteiger partial charge in [0.2, 0.25) is 0 Å². The lowest BCUT2D eigenvalue weighted by atomic mass is 10.1. The zero-order valence-corrected chi connectivity index (χ0v) is 20.4. The van der Waals surface area contributed by atoms with Crippen LogP contribution in [0.5, 0.6) is 11.5 Å². The quantitative estimate of drug-likeness (QED) is 0.343. The molecule has 0 saturated heterocycles. The van der Waals surface area contributed by atoms with Gasteiger partial charge in [0.15, 0.2) is 11.5 Å². The highest BCUT2D eigenvalue weighted by Crippen LogP contribution is 2.38. The number of hydrazone groups is 1. The van der Waals surface area contributed by atoms with Gasteiger partial charge >= 0.3 is 0 Å². The number of ether oxygens (including phenoxy) is 2. The van der Waals surface area contributed by atoms with Crippen LogP contribution in [0.15, 0.2) is 81.9 Å². The van der Waals surface area contributed by atoms with Crippen LogP contribution < -0.4 is 14.5 Å². The fourth-order valence-corrected chi connectivity index (χ4v) is 4.08. The van der Waals surface area contributed by atoms with E-state index in [-0.39, 0.29) is 5.91 Å². The third kappa shape index (κ3) is 5.17. The molecule has 0 saturated carbocycles. The SMILES string of the molecule is CCOc1cc(/C=C2/C(=O)N(c3ccccc3)N=C2C)cc(Br)c1OCc1ccc(C)cc1. The van der Waals surface area contributed by atoms with E-state index in [2.05, 4.69) is 52.2 Å². The van der Waals surface area contributed by atoms with Crippen LogP contribution in [0.25, 0.3) is 6.08 Å². The highest BCUT2D eigenvalue weighted by molar-refractivity contribution is 9.10. The standard InChI is InChI=1S/C27H25BrN2O3/c1-4-32-25-16-21(15-24(28)26(25)33-17-20-12-10-18(2)11-13-20)14-23-19(3)29-30(27(23)31)22-8-6-5-7-9-22/h5-16H,4,17H2,1-3H3/b23-14+. The fourth-order valence-electron chi connectivity index (χ4n) is 3.51. The number of carbonyl (C=O) groups is 1. The molecule has 0 radical (unpaired) electrons. The molecule has 0 unspecified atom stereocenters. The smallest absolute Gasteiger partial charge is 0.280 e. The first-order valence-electron chi connectivity index (χ1n) is 10.8. The molecule has 33 heavy (non-hydrogen) atoms. The molecule has 0 bridgehead atoms. The lowest BCUT2D eigenvalue weighted by Gasteiger charge is -2.15. The largest absolute Gasteiger partial charge is 0.490 e. The van der Waals surface area contributed by atoms with Crippen LogP contribution in [0.4, 0.5) is 5.69 Å². The molecule has 0 aliphatic carbocycles. The molecule has 1 amide bonds. The summed E-state index contributed by atoms with van der Waals surface area (Å²) in [4.78, 5) is 13.0. The topological polar surface area (TPSA) is 51.1 Å². The summed E-state index contributed by atoms with van der Waals surface area (Å²) >= 11 is 3.62. The van der Waals surface area contributed by atoms with E-state index in [0.717, 1.165) is 21.3 Å². The van der Waals surface area contributed by atoms with E-state index in [9.17, 15) is 4.79 Å². The van der Waals surface area contributed by atoms with Crippen molar-refractivity contribution < 1.29 is 14.3 Å². The maximum Gasteiger partial charge on any atom is 0.280 e. The second-order valence-electron chi connectivity index (χ2n) is 7.73. The zero-order chi connectivity index (χ0) is 23.4. The van der Waals surface area contributed by atoms with Gasteiger partial charge < -0.3 is 9.47 Å². The van der Waals surface area contributed by atoms with E-state index < -0.39 is 0 Å². The van der Waals surface area contributed by atoms with Gasteiger partial charge in [0.05, 0.1) is 28.1 Å². The van der Waals surface area contributed by atoms with Crippen molar-refractivity contribution in [1.29, 1.82) is 0 Å². The van der Waals surface area contributed by atoms with E-state index in [4.69, 9.17) is 9.47 Å². The number of rotatable bonds is 7. The van der Waals surface area contributed by atoms with Gasteiger partial charge in [-0.25, -0.2) is 0 Å². The number of carbonyl (C=O) groups excluding carboxylic acids is 1. The Morgan fingerprint density at radius 3 is 2.42 bits per heavy atom. The Labute approximate surface area is 202 Å². The van der Waals surface area contributed by atoms with E-state index in [1.165, 1.54) is 10.6 Å². The van der Waals surface area contributed by atoms with Gasteiger partial charge in [-0.05, 0) is 78.2 Å². The van der Waals surface area contributed by atoms with Crippen molar-refractivity contribution >= 4 is 39.3 Å². The van der Waals surface area contributed by atoms with Crippen LogP contribution in [0.3, 0.4) is 0 Å². The van der Waals surface area contributed by atoms with Crippen LogP contribution in [-0.4, -0.2) is 18.2 Å². The first-order chi connectivity index (χ1) is 16.0. The van der Waals surface area contributed by atoms with Crippen molar-refractivity contribution in [3.05, 3.63) is 93.5 Å². The Balaban J connectivity index is 1.60. The number of aryl methyl sites for hydroxylation is 1. The Hall–Kier alpha value is -3.38. The summed E-state index contributed by atoms with van der Waals surface area (Å²) in [7, 11) is 0. The van der Waals surface area contributed by atoms with Crippen molar-refractivity contribution in [3.63, 3.8) is 0 Å². The fraction of sp³-hybridized carbons (Fsp3) is 0.185. The summed E-state index contributed by atoms with van der Waals surface area (Å²) in [5, 5.41) is 5.88. The maximum absolute atomic E-state index is 13.0. The Morgan fingerprint density at radius 1 is 1.00 bits per heavy atom. The van der Waals surface area contributed by atoms with Gasteiger partial charge in [-0.15, -0.1) is 0 Å². The van der Waals surface area contributed by atoms with Crippen LogP contribution in [0.1, 0.15) is 30.5 Å². The zero-order valence-electron chi connectivity index (χ0n) is 18.8. The predicted molar refractivity (Wildman–Crippen MR) is 136 cm³/mol. The lowest BCUT2D eigenvalue weighted by molar-refractivity contribution is -0.114. The number of para-hydroxylation sites is 1. The summed E-state index contributed by atoms with van der Waals surface area (Å²) < 4.78 is 12.7. The van der Waals surface area contributed by atoms with Crippen LogP contribution in [0.2, 0.25) is 0 Å². The van der Waals surface area contributed by atoms with Crippen molar-refractivity contribution in [2.75, 3.05) is 11.6 Å². The van der Waals surface area contributed by atoms with E-state index >= 15 is 0 Å². The third-order valence-electron chi connectivity index (χ3n) is 5.21. The van der Waals surface area contributed by atoms with Crippen molar-refractivity contribution in [2.24, 2.45) is 5.10 Å². The molecular weight excluding hydrogens is 480 g/mol. The lowest BCUT2D eigenvalue weighted by Crippen LogP contribution is -2.21. The van der Waals surface area contributed by atoms with Crippen molar-refractivity contribution in [1.82, 2.24) is 0 Å². The van der Waals surface area contributed by atoms with Gasteiger partial charge in [-0.3, -0.25) is 4.79 Å². The molecule has 6 heteroatoms. The summed E-state index contributed by atoms with van der Waals surface area (Å²) in [5.41, 5.74) is 5.05. The number of amides is 1. The minimum atomic E-state index is -0.160. The van der Waals surface area contributed by atoms with E-state index in [0.29, 0.717) is 36.0 Å². The molecule has 1 aliphatic heterocycles. The Kier molecular flexibility index (Phi) is 6.94. The van der Waals surface area contributed by atoms with Crippen LogP contribution >= 0.6 is 15.9 Å². The Morgan fingerprint density at radius 2 is 1.73 bits per heavy atom. The molecule has 3 aromatic carbocycles. The molecule has 1 heterocycles. The summed E-state index contributed by atoms with van der Waals surface area (Å²) in [6, 6.07) is 21.4. The normalized spacial score (nSPS) is 14.5. The van der Waals surface area contributed by atoms with Gasteiger partial charge in [0.1, 0.15) is 6.61 Å². The minimum Gasteiger partial charge on any atom is -0.490 e. The minimum absolute atomic E-state index is 0.160. The molecule has 1 aliphatic rings. The number of benzene rings is 3. The Bertz CT molecular complexity index is 1220. The molecule has 3 aromatic rings.